The van der Waals surface area contributed by atoms with Crippen LogP contribution in [0.2, 0.25) is 0 Å². The summed E-state index contributed by atoms with van der Waals surface area (Å²) in [6, 6.07) is 8.09. The first-order valence-electron chi connectivity index (χ1n) is 6.98. The van der Waals surface area contributed by atoms with E-state index in [0.29, 0.717) is 18.4 Å². The van der Waals surface area contributed by atoms with E-state index in [1.165, 1.54) is 5.56 Å². The van der Waals surface area contributed by atoms with Crippen molar-refractivity contribution >= 4 is 17.7 Å². The van der Waals surface area contributed by atoms with Gasteiger partial charge in [-0.3, -0.25) is 4.99 Å². The third kappa shape index (κ3) is 3.82. The molecule has 0 saturated carbocycles. The van der Waals surface area contributed by atoms with Crippen molar-refractivity contribution in [1.29, 1.82) is 0 Å². The fourth-order valence-corrected chi connectivity index (χ4v) is 3.20. The summed E-state index contributed by atoms with van der Waals surface area (Å²) in [5, 5.41) is 0. The smallest absolute Gasteiger partial charge is 0.191 e. The highest BCUT2D eigenvalue weighted by molar-refractivity contribution is 7.99. The molecule has 1 aliphatic heterocycles. The summed E-state index contributed by atoms with van der Waals surface area (Å²) in [4.78, 5) is 6.73. The van der Waals surface area contributed by atoms with E-state index in [1.807, 2.05) is 30.0 Å². The molecule has 1 unspecified atom stereocenters. The Morgan fingerprint density at radius 1 is 1.40 bits per heavy atom. The highest BCUT2D eigenvalue weighted by atomic mass is 32.2. The summed E-state index contributed by atoms with van der Waals surface area (Å²) >= 11 is 1.97. The molecule has 1 atom stereocenters. The van der Waals surface area contributed by atoms with Crippen molar-refractivity contribution in [2.45, 2.75) is 12.8 Å². The molecule has 20 heavy (non-hydrogen) atoms. The maximum atomic E-state index is 6.08. The zero-order valence-electron chi connectivity index (χ0n) is 12.2. The summed E-state index contributed by atoms with van der Waals surface area (Å²) in [7, 11) is 1.70. The molecule has 0 aliphatic carbocycles. The van der Waals surface area contributed by atoms with Crippen molar-refractivity contribution in [2.75, 3.05) is 38.2 Å². The Morgan fingerprint density at radius 3 is 2.80 bits per heavy atom. The lowest BCUT2D eigenvalue weighted by molar-refractivity contribution is 0.406. The number of nitrogens with zero attached hydrogens (tertiary/aromatic N) is 2. The molecule has 4 nitrogen and oxygen atoms in total. The number of methoxy groups -OCH3 is 1. The van der Waals surface area contributed by atoms with Crippen LogP contribution >= 0.6 is 11.8 Å². The lowest BCUT2D eigenvalue weighted by Crippen LogP contribution is -2.42. The molecular formula is C15H23N3OS. The monoisotopic (exact) mass is 293 g/mol. The second kappa shape index (κ2) is 7.43. The van der Waals surface area contributed by atoms with Crippen LogP contribution in [0, 0.1) is 0 Å². The van der Waals surface area contributed by atoms with Gasteiger partial charge in [0.05, 0.1) is 7.11 Å². The molecule has 1 saturated heterocycles. The number of thioether (sulfide) groups is 1. The standard InChI is InChI=1S/C15H23N3OS/c1-12(13-5-3-4-6-14(13)19-2)11-17-15(16)18-7-9-20-10-8-18/h3-6,12H,7-11H2,1-2H3,(H2,16,17). The molecule has 1 fully saturated rings. The van der Waals surface area contributed by atoms with Crippen LogP contribution in [0.1, 0.15) is 18.4 Å². The molecule has 1 aliphatic rings. The van der Waals surface area contributed by atoms with Crippen LogP contribution in [0.4, 0.5) is 0 Å². The first kappa shape index (κ1) is 15.0. The Bertz CT molecular complexity index is 458. The topological polar surface area (TPSA) is 50.9 Å². The zero-order chi connectivity index (χ0) is 14.4. The predicted octanol–water partition coefficient (Wildman–Crippen LogP) is 2.16. The molecule has 0 aromatic heterocycles. The number of nitrogens with two attached hydrogens (primary N) is 1. The predicted molar refractivity (Wildman–Crippen MR) is 86.8 cm³/mol. The number of hydrogen-bond acceptors (Lipinski definition) is 3. The number of benzene rings is 1. The minimum atomic E-state index is 0.295. The summed E-state index contributed by atoms with van der Waals surface area (Å²) in [6.45, 7) is 4.85. The van der Waals surface area contributed by atoms with E-state index in [2.05, 4.69) is 22.9 Å². The summed E-state index contributed by atoms with van der Waals surface area (Å²) in [5.74, 6) is 4.16. The molecule has 1 heterocycles. The summed E-state index contributed by atoms with van der Waals surface area (Å²) < 4.78 is 5.40. The molecule has 1 aromatic carbocycles. The van der Waals surface area contributed by atoms with Gasteiger partial charge in [0.2, 0.25) is 0 Å². The number of hydrogen-bond donors (Lipinski definition) is 1. The highest BCUT2D eigenvalue weighted by Gasteiger charge is 2.14. The maximum absolute atomic E-state index is 6.08. The number of guanidine groups is 1. The normalized spacial score (nSPS) is 17.9. The van der Waals surface area contributed by atoms with E-state index >= 15 is 0 Å². The average molecular weight is 293 g/mol. The summed E-state index contributed by atoms with van der Waals surface area (Å²) in [6.07, 6.45) is 0. The Labute approximate surface area is 125 Å². The van der Waals surface area contributed by atoms with Crippen molar-refractivity contribution in [3.05, 3.63) is 29.8 Å². The van der Waals surface area contributed by atoms with Gasteiger partial charge in [0, 0.05) is 37.1 Å². The van der Waals surface area contributed by atoms with Gasteiger partial charge in [-0.25, -0.2) is 0 Å². The van der Waals surface area contributed by atoms with Crippen molar-refractivity contribution in [3.8, 4) is 5.75 Å². The largest absolute Gasteiger partial charge is 0.496 e. The van der Waals surface area contributed by atoms with Gasteiger partial charge in [0.15, 0.2) is 5.96 Å². The van der Waals surface area contributed by atoms with Gasteiger partial charge in [0.25, 0.3) is 0 Å². The van der Waals surface area contributed by atoms with Crippen LogP contribution in [-0.2, 0) is 0 Å². The number of aliphatic imine (C=N–C) groups is 1. The minimum Gasteiger partial charge on any atom is -0.496 e. The van der Waals surface area contributed by atoms with E-state index in [1.54, 1.807) is 7.11 Å². The van der Waals surface area contributed by atoms with Gasteiger partial charge < -0.3 is 15.4 Å². The van der Waals surface area contributed by atoms with Crippen LogP contribution in [-0.4, -0.2) is 49.1 Å². The molecule has 0 bridgehead atoms. The molecule has 0 spiro atoms. The Kier molecular flexibility index (Phi) is 5.59. The molecule has 1 aromatic rings. The van der Waals surface area contributed by atoms with Crippen molar-refractivity contribution in [2.24, 2.45) is 10.7 Å². The third-order valence-electron chi connectivity index (χ3n) is 3.53. The summed E-state index contributed by atoms with van der Waals surface area (Å²) in [5.41, 5.74) is 7.26. The maximum Gasteiger partial charge on any atom is 0.191 e. The zero-order valence-corrected chi connectivity index (χ0v) is 13.0. The van der Waals surface area contributed by atoms with Crippen LogP contribution in [0.5, 0.6) is 5.75 Å². The van der Waals surface area contributed by atoms with E-state index in [9.17, 15) is 0 Å². The van der Waals surface area contributed by atoms with Crippen molar-refractivity contribution in [1.82, 2.24) is 4.90 Å². The first-order chi connectivity index (χ1) is 9.72. The van der Waals surface area contributed by atoms with Crippen LogP contribution in [0.25, 0.3) is 0 Å². The van der Waals surface area contributed by atoms with Gasteiger partial charge in [-0.05, 0) is 11.6 Å². The fraction of sp³-hybridized carbons (Fsp3) is 0.533. The van der Waals surface area contributed by atoms with Gasteiger partial charge >= 0.3 is 0 Å². The number of para-hydroxylation sites is 1. The lowest BCUT2D eigenvalue weighted by Gasteiger charge is -2.27. The van der Waals surface area contributed by atoms with Crippen molar-refractivity contribution in [3.63, 3.8) is 0 Å². The van der Waals surface area contributed by atoms with Crippen LogP contribution < -0.4 is 10.5 Å². The van der Waals surface area contributed by atoms with Crippen molar-refractivity contribution < 1.29 is 4.74 Å². The Hall–Kier alpha value is -1.36. The van der Waals surface area contributed by atoms with E-state index < -0.39 is 0 Å². The fourth-order valence-electron chi connectivity index (χ4n) is 2.29. The highest BCUT2D eigenvalue weighted by Crippen LogP contribution is 2.26. The number of rotatable bonds is 4. The van der Waals surface area contributed by atoms with Gasteiger partial charge in [0.1, 0.15) is 5.75 Å². The molecule has 0 radical (unpaired) electrons. The average Bonchev–Trinajstić information content (AvgIpc) is 2.53. The molecule has 5 heteroatoms. The van der Waals surface area contributed by atoms with Crippen LogP contribution in [0.3, 0.4) is 0 Å². The minimum absolute atomic E-state index is 0.295. The second-order valence-electron chi connectivity index (χ2n) is 4.94. The lowest BCUT2D eigenvalue weighted by atomic mass is 10.0. The quantitative estimate of drug-likeness (QED) is 0.683. The Morgan fingerprint density at radius 2 is 2.10 bits per heavy atom. The van der Waals surface area contributed by atoms with E-state index in [0.717, 1.165) is 30.3 Å². The molecule has 110 valence electrons. The number of ether oxygens (including phenoxy) is 1. The SMILES string of the molecule is COc1ccccc1C(C)CN=C(N)N1CCSCC1. The molecule has 0 amide bonds. The van der Waals surface area contributed by atoms with Gasteiger partial charge in [-0.1, -0.05) is 25.1 Å². The first-order valence-corrected chi connectivity index (χ1v) is 8.13. The Balaban J connectivity index is 1.98. The third-order valence-corrected chi connectivity index (χ3v) is 4.47. The molecule has 2 rings (SSSR count). The second-order valence-corrected chi connectivity index (χ2v) is 6.17. The van der Waals surface area contributed by atoms with E-state index in [4.69, 9.17) is 10.5 Å². The molecular weight excluding hydrogens is 270 g/mol. The molecule has 2 N–H and O–H groups in total. The van der Waals surface area contributed by atoms with Gasteiger partial charge in [-0.2, -0.15) is 11.8 Å². The van der Waals surface area contributed by atoms with Crippen LogP contribution in [0.15, 0.2) is 29.3 Å². The van der Waals surface area contributed by atoms with Gasteiger partial charge in [-0.15, -0.1) is 0 Å². The van der Waals surface area contributed by atoms with E-state index in [-0.39, 0.29) is 0 Å².